The van der Waals surface area contributed by atoms with Gasteiger partial charge in [0.1, 0.15) is 11.8 Å². The SMILES string of the molecule is COc1ccc2nc(NC(=O)[C@H](Cc3ccccc3)NC(=O)c3cccs3)sc2c1. The van der Waals surface area contributed by atoms with Crippen LogP contribution in [0.25, 0.3) is 10.2 Å². The number of nitrogens with zero attached hydrogens (tertiary/aromatic N) is 1. The average molecular weight is 438 g/mol. The fraction of sp³-hybridized carbons (Fsp3) is 0.136. The molecule has 0 aliphatic heterocycles. The number of rotatable bonds is 7. The minimum absolute atomic E-state index is 0.268. The summed E-state index contributed by atoms with van der Waals surface area (Å²) in [4.78, 5) is 30.6. The van der Waals surface area contributed by atoms with Crippen molar-refractivity contribution in [2.45, 2.75) is 12.5 Å². The third kappa shape index (κ3) is 4.67. The van der Waals surface area contributed by atoms with E-state index in [0.29, 0.717) is 16.4 Å². The van der Waals surface area contributed by atoms with E-state index in [1.807, 2.05) is 53.9 Å². The number of fused-ring (bicyclic) bond motifs is 1. The molecule has 2 aromatic carbocycles. The van der Waals surface area contributed by atoms with Crippen LogP contribution in [0.2, 0.25) is 0 Å². The van der Waals surface area contributed by atoms with Crippen molar-refractivity contribution in [3.8, 4) is 5.75 Å². The van der Waals surface area contributed by atoms with Crippen molar-refractivity contribution in [1.82, 2.24) is 10.3 Å². The van der Waals surface area contributed by atoms with Crippen molar-refractivity contribution < 1.29 is 14.3 Å². The maximum Gasteiger partial charge on any atom is 0.262 e. The van der Waals surface area contributed by atoms with E-state index >= 15 is 0 Å². The zero-order chi connectivity index (χ0) is 20.9. The topological polar surface area (TPSA) is 80.3 Å². The molecule has 0 unspecified atom stereocenters. The standard InChI is InChI=1S/C22H19N3O3S2/c1-28-15-9-10-16-19(13-15)30-22(24-16)25-20(26)17(12-14-6-3-2-4-7-14)23-21(27)18-8-5-11-29-18/h2-11,13,17H,12H2,1H3,(H,23,27)(H,24,25,26)/t17-/m0/s1. The number of amides is 2. The van der Waals surface area contributed by atoms with Crippen LogP contribution in [-0.2, 0) is 11.2 Å². The lowest BCUT2D eigenvalue weighted by Gasteiger charge is -2.17. The molecule has 0 aliphatic carbocycles. The summed E-state index contributed by atoms with van der Waals surface area (Å²) in [6.45, 7) is 0. The number of nitrogens with one attached hydrogen (secondary N) is 2. The molecule has 2 heterocycles. The zero-order valence-corrected chi connectivity index (χ0v) is 17.8. The molecule has 8 heteroatoms. The van der Waals surface area contributed by atoms with Crippen molar-refractivity contribution in [2.24, 2.45) is 0 Å². The second-order valence-electron chi connectivity index (χ2n) is 6.53. The van der Waals surface area contributed by atoms with Gasteiger partial charge in [-0.15, -0.1) is 11.3 Å². The maximum atomic E-state index is 13.0. The Bertz CT molecular complexity index is 1160. The van der Waals surface area contributed by atoms with Crippen LogP contribution in [0.5, 0.6) is 5.75 Å². The molecule has 0 radical (unpaired) electrons. The van der Waals surface area contributed by atoms with Crippen LogP contribution in [0.4, 0.5) is 5.13 Å². The van der Waals surface area contributed by atoms with Crippen molar-refractivity contribution in [3.05, 3.63) is 76.5 Å². The molecule has 0 aliphatic rings. The molecule has 30 heavy (non-hydrogen) atoms. The van der Waals surface area contributed by atoms with Gasteiger partial charge in [0.25, 0.3) is 5.91 Å². The van der Waals surface area contributed by atoms with Crippen molar-refractivity contribution in [3.63, 3.8) is 0 Å². The van der Waals surface area contributed by atoms with Gasteiger partial charge >= 0.3 is 0 Å². The van der Waals surface area contributed by atoms with Crippen molar-refractivity contribution in [2.75, 3.05) is 12.4 Å². The first-order valence-corrected chi connectivity index (χ1v) is 11.0. The van der Waals surface area contributed by atoms with Gasteiger partial charge in [0.05, 0.1) is 22.2 Å². The zero-order valence-electron chi connectivity index (χ0n) is 16.1. The fourth-order valence-corrected chi connectivity index (χ4v) is 4.50. The first-order chi connectivity index (χ1) is 14.6. The Balaban J connectivity index is 1.54. The lowest BCUT2D eigenvalue weighted by molar-refractivity contribution is -0.118. The molecule has 1 atom stereocenters. The number of benzene rings is 2. The molecule has 2 amide bonds. The normalized spacial score (nSPS) is 11.8. The number of hydrogen-bond donors (Lipinski definition) is 2. The number of thiazole rings is 1. The molecule has 4 rings (SSSR count). The van der Waals surface area contributed by atoms with Gasteiger partial charge < -0.3 is 15.4 Å². The highest BCUT2D eigenvalue weighted by Crippen LogP contribution is 2.29. The van der Waals surface area contributed by atoms with Gasteiger partial charge in [0, 0.05) is 6.42 Å². The lowest BCUT2D eigenvalue weighted by atomic mass is 10.1. The van der Waals surface area contributed by atoms with Crippen LogP contribution in [0.1, 0.15) is 15.2 Å². The van der Waals surface area contributed by atoms with E-state index in [-0.39, 0.29) is 11.8 Å². The van der Waals surface area contributed by atoms with E-state index in [0.717, 1.165) is 21.5 Å². The smallest absolute Gasteiger partial charge is 0.262 e. The summed E-state index contributed by atoms with van der Waals surface area (Å²) in [6.07, 6.45) is 0.377. The number of aromatic nitrogens is 1. The molecule has 2 N–H and O–H groups in total. The van der Waals surface area contributed by atoms with Crippen LogP contribution in [0, 0.1) is 0 Å². The van der Waals surface area contributed by atoms with Gasteiger partial charge in [-0.25, -0.2) is 4.98 Å². The Morgan fingerprint density at radius 3 is 2.67 bits per heavy atom. The average Bonchev–Trinajstić information content (AvgIpc) is 3.43. The predicted octanol–water partition coefficient (Wildman–Crippen LogP) is 4.35. The first kappa shape index (κ1) is 20.1. The van der Waals surface area contributed by atoms with Crippen LogP contribution >= 0.6 is 22.7 Å². The number of methoxy groups -OCH3 is 1. The van der Waals surface area contributed by atoms with Gasteiger partial charge in [-0.05, 0) is 35.2 Å². The van der Waals surface area contributed by atoms with Crippen LogP contribution in [0.15, 0.2) is 66.0 Å². The van der Waals surface area contributed by atoms with E-state index in [4.69, 9.17) is 4.74 Å². The number of carbonyl (C=O) groups excluding carboxylic acids is 2. The molecule has 4 aromatic rings. The quantitative estimate of drug-likeness (QED) is 0.451. The van der Waals surface area contributed by atoms with E-state index in [1.165, 1.54) is 22.7 Å². The van der Waals surface area contributed by atoms with Crippen molar-refractivity contribution in [1.29, 1.82) is 0 Å². The molecule has 0 spiro atoms. The summed E-state index contributed by atoms with van der Waals surface area (Å²) in [5, 5.41) is 8.02. The van der Waals surface area contributed by atoms with Gasteiger partial charge in [0.2, 0.25) is 5.91 Å². The summed E-state index contributed by atoms with van der Waals surface area (Å²) in [5.41, 5.74) is 1.73. The summed E-state index contributed by atoms with van der Waals surface area (Å²) >= 11 is 2.70. The summed E-state index contributed by atoms with van der Waals surface area (Å²) < 4.78 is 6.15. The minimum atomic E-state index is -0.733. The summed E-state index contributed by atoms with van der Waals surface area (Å²) in [7, 11) is 1.61. The highest BCUT2D eigenvalue weighted by atomic mass is 32.1. The Morgan fingerprint density at radius 1 is 1.10 bits per heavy atom. The van der Waals surface area contributed by atoms with E-state index in [9.17, 15) is 9.59 Å². The third-order valence-electron chi connectivity index (χ3n) is 4.48. The molecule has 0 saturated carbocycles. The Morgan fingerprint density at radius 2 is 1.93 bits per heavy atom. The second kappa shape index (κ2) is 9.06. The van der Waals surface area contributed by atoms with Crippen LogP contribution in [-0.4, -0.2) is 29.9 Å². The molecular weight excluding hydrogens is 418 g/mol. The Labute approximate surface area is 181 Å². The van der Waals surface area contributed by atoms with Gasteiger partial charge in [-0.1, -0.05) is 47.7 Å². The largest absolute Gasteiger partial charge is 0.497 e. The number of thiophene rings is 1. The predicted molar refractivity (Wildman–Crippen MR) is 121 cm³/mol. The highest BCUT2D eigenvalue weighted by molar-refractivity contribution is 7.22. The molecule has 2 aromatic heterocycles. The molecule has 0 fully saturated rings. The van der Waals surface area contributed by atoms with Gasteiger partial charge in [-0.2, -0.15) is 0 Å². The summed E-state index contributed by atoms with van der Waals surface area (Å²) in [5.74, 6) is 0.152. The first-order valence-electron chi connectivity index (χ1n) is 9.26. The third-order valence-corrected chi connectivity index (χ3v) is 6.28. The van der Waals surface area contributed by atoms with Crippen LogP contribution < -0.4 is 15.4 Å². The highest BCUT2D eigenvalue weighted by Gasteiger charge is 2.23. The van der Waals surface area contributed by atoms with E-state index < -0.39 is 6.04 Å². The van der Waals surface area contributed by atoms with E-state index in [2.05, 4.69) is 15.6 Å². The van der Waals surface area contributed by atoms with Gasteiger partial charge in [-0.3, -0.25) is 9.59 Å². The number of hydrogen-bond acceptors (Lipinski definition) is 6. The van der Waals surface area contributed by atoms with Crippen molar-refractivity contribution >= 4 is 49.8 Å². The second-order valence-corrected chi connectivity index (χ2v) is 8.51. The minimum Gasteiger partial charge on any atom is -0.497 e. The molecule has 152 valence electrons. The monoisotopic (exact) mass is 437 g/mol. The maximum absolute atomic E-state index is 13.0. The number of ether oxygens (including phenoxy) is 1. The molecular formula is C22H19N3O3S2. The molecule has 0 saturated heterocycles. The summed E-state index contributed by atoms with van der Waals surface area (Å²) in [6, 6.07) is 18.0. The molecule has 0 bridgehead atoms. The Hall–Kier alpha value is -3.23. The lowest BCUT2D eigenvalue weighted by Crippen LogP contribution is -2.45. The van der Waals surface area contributed by atoms with Gasteiger partial charge in [0.15, 0.2) is 5.13 Å². The fourth-order valence-electron chi connectivity index (χ4n) is 2.97. The number of carbonyl (C=O) groups is 2. The molecule has 6 nitrogen and oxygen atoms in total. The number of anilines is 1. The Kier molecular flexibility index (Phi) is 6.06. The van der Waals surface area contributed by atoms with Crippen LogP contribution in [0.3, 0.4) is 0 Å². The van der Waals surface area contributed by atoms with E-state index in [1.54, 1.807) is 19.2 Å².